The number of hydrogen-bond donors (Lipinski definition) is 1. The van der Waals surface area contributed by atoms with Gasteiger partial charge in [0, 0.05) is 31.0 Å². The molecule has 1 fully saturated rings. The third-order valence-electron chi connectivity index (χ3n) is 4.93. The number of nitrogens with zero attached hydrogens (tertiary/aromatic N) is 3. The monoisotopic (exact) mass is 342 g/mol. The molecule has 6 heteroatoms. The number of methoxy groups -OCH3 is 1. The molecular formula is C19H26N4O2. The summed E-state index contributed by atoms with van der Waals surface area (Å²) < 4.78 is 7.27. The summed E-state index contributed by atoms with van der Waals surface area (Å²) in [5.41, 5.74) is 3.87. The summed E-state index contributed by atoms with van der Waals surface area (Å²) in [5.74, 6) is 0.789. The van der Waals surface area contributed by atoms with Crippen LogP contribution in [-0.2, 0) is 7.05 Å². The van der Waals surface area contributed by atoms with Gasteiger partial charge >= 0.3 is 6.03 Å². The van der Waals surface area contributed by atoms with Gasteiger partial charge in [0.05, 0.1) is 18.8 Å². The van der Waals surface area contributed by atoms with Crippen molar-refractivity contribution in [2.24, 2.45) is 7.05 Å². The molecule has 3 rings (SSSR count). The van der Waals surface area contributed by atoms with Crippen molar-refractivity contribution in [1.29, 1.82) is 0 Å². The maximum atomic E-state index is 13.0. The maximum absolute atomic E-state index is 13.0. The standard InChI is InChI=1S/C19H26N4O2/c1-13-11-15(14(2)18(12-13)25-4)21-19(24)23-10-6-5-7-17(23)16-8-9-20-22(16)3/h8-9,11-12,17H,5-7,10H2,1-4H3,(H,21,24)/t17-/m1/s1. The van der Waals surface area contributed by atoms with Gasteiger partial charge in [-0.05, 0) is 56.9 Å². The quantitative estimate of drug-likeness (QED) is 0.923. The molecule has 6 nitrogen and oxygen atoms in total. The van der Waals surface area contributed by atoms with Gasteiger partial charge in [0.2, 0.25) is 0 Å². The second-order valence-corrected chi connectivity index (χ2v) is 6.65. The van der Waals surface area contributed by atoms with E-state index in [2.05, 4.69) is 10.4 Å². The number of aromatic nitrogens is 2. The second-order valence-electron chi connectivity index (χ2n) is 6.65. The Balaban J connectivity index is 1.84. The lowest BCUT2D eigenvalue weighted by molar-refractivity contribution is 0.159. The Kier molecular flexibility index (Phi) is 4.97. The summed E-state index contributed by atoms with van der Waals surface area (Å²) in [5, 5.41) is 7.34. The Morgan fingerprint density at radius 1 is 1.32 bits per heavy atom. The molecule has 0 bridgehead atoms. The lowest BCUT2D eigenvalue weighted by atomic mass is 9.99. The molecule has 2 aromatic rings. The first kappa shape index (κ1) is 17.3. The van der Waals surface area contributed by atoms with Crippen molar-refractivity contribution in [2.45, 2.75) is 39.2 Å². The highest BCUT2D eigenvalue weighted by Crippen LogP contribution is 2.32. The number of carbonyl (C=O) groups excluding carboxylic acids is 1. The van der Waals surface area contributed by atoms with Crippen LogP contribution in [0.4, 0.5) is 10.5 Å². The van der Waals surface area contributed by atoms with Crippen molar-refractivity contribution in [3.8, 4) is 5.75 Å². The SMILES string of the molecule is COc1cc(C)cc(NC(=O)N2CCCC[C@@H]2c2ccnn2C)c1C. The average molecular weight is 342 g/mol. The number of piperidine rings is 1. The van der Waals surface area contributed by atoms with E-state index < -0.39 is 0 Å². The van der Waals surface area contributed by atoms with Gasteiger partial charge < -0.3 is 15.0 Å². The molecule has 1 saturated heterocycles. The average Bonchev–Trinajstić information content (AvgIpc) is 3.03. The molecule has 25 heavy (non-hydrogen) atoms. The molecule has 2 heterocycles. The molecule has 0 saturated carbocycles. The molecule has 1 aliphatic rings. The molecule has 1 N–H and O–H groups in total. The number of hydrogen-bond acceptors (Lipinski definition) is 3. The van der Waals surface area contributed by atoms with E-state index >= 15 is 0 Å². The van der Waals surface area contributed by atoms with Crippen LogP contribution in [0.2, 0.25) is 0 Å². The maximum Gasteiger partial charge on any atom is 0.322 e. The van der Waals surface area contributed by atoms with Gasteiger partial charge in [-0.1, -0.05) is 0 Å². The van der Waals surface area contributed by atoms with Gasteiger partial charge in [-0.3, -0.25) is 4.68 Å². The first-order valence-electron chi connectivity index (χ1n) is 8.72. The lowest BCUT2D eigenvalue weighted by Crippen LogP contribution is -2.41. The fraction of sp³-hybridized carbons (Fsp3) is 0.474. The molecule has 1 atom stereocenters. The van der Waals surface area contributed by atoms with Crippen molar-refractivity contribution < 1.29 is 9.53 Å². The van der Waals surface area contributed by atoms with Crippen LogP contribution in [-0.4, -0.2) is 34.4 Å². The zero-order chi connectivity index (χ0) is 18.0. The van der Waals surface area contributed by atoms with E-state index in [9.17, 15) is 4.79 Å². The molecule has 2 amide bonds. The van der Waals surface area contributed by atoms with Gasteiger partial charge in [-0.15, -0.1) is 0 Å². The summed E-state index contributed by atoms with van der Waals surface area (Å²) in [6.45, 7) is 4.71. The first-order chi connectivity index (χ1) is 12.0. The Labute approximate surface area is 148 Å². The van der Waals surface area contributed by atoms with E-state index in [0.29, 0.717) is 0 Å². The molecule has 0 unspecified atom stereocenters. The molecule has 1 aromatic carbocycles. The molecular weight excluding hydrogens is 316 g/mol. The van der Waals surface area contributed by atoms with E-state index in [1.165, 1.54) is 0 Å². The van der Waals surface area contributed by atoms with Crippen molar-refractivity contribution in [3.63, 3.8) is 0 Å². The van der Waals surface area contributed by atoms with Crippen molar-refractivity contribution >= 4 is 11.7 Å². The van der Waals surface area contributed by atoms with Crippen LogP contribution in [0.25, 0.3) is 0 Å². The number of carbonyl (C=O) groups is 1. The molecule has 0 spiro atoms. The van der Waals surface area contributed by atoms with Crippen LogP contribution in [0.3, 0.4) is 0 Å². The highest BCUT2D eigenvalue weighted by Gasteiger charge is 2.30. The summed E-state index contributed by atoms with van der Waals surface area (Å²) >= 11 is 0. The van der Waals surface area contributed by atoms with Crippen LogP contribution in [0.1, 0.15) is 42.1 Å². The highest BCUT2D eigenvalue weighted by molar-refractivity contribution is 5.91. The van der Waals surface area contributed by atoms with Gasteiger partial charge in [-0.2, -0.15) is 5.10 Å². The Morgan fingerprint density at radius 2 is 2.12 bits per heavy atom. The van der Waals surface area contributed by atoms with Crippen LogP contribution < -0.4 is 10.1 Å². The summed E-state index contributed by atoms with van der Waals surface area (Å²) in [6, 6.07) is 5.95. The first-order valence-corrected chi connectivity index (χ1v) is 8.72. The fourth-order valence-electron chi connectivity index (χ4n) is 3.55. The van der Waals surface area contributed by atoms with Crippen molar-refractivity contribution in [1.82, 2.24) is 14.7 Å². The van der Waals surface area contributed by atoms with Crippen molar-refractivity contribution in [3.05, 3.63) is 41.2 Å². The number of likely N-dealkylation sites (tertiary alicyclic amines) is 1. The summed E-state index contributed by atoms with van der Waals surface area (Å²) in [4.78, 5) is 14.9. The van der Waals surface area contributed by atoms with Gasteiger partial charge in [0.25, 0.3) is 0 Å². The van der Waals surface area contributed by atoms with E-state index in [-0.39, 0.29) is 12.1 Å². The minimum atomic E-state index is -0.0679. The molecule has 1 aromatic heterocycles. The Bertz CT molecular complexity index is 769. The number of aryl methyl sites for hydroxylation is 2. The Hall–Kier alpha value is -2.50. The number of urea groups is 1. The molecule has 0 aliphatic carbocycles. The van der Waals surface area contributed by atoms with E-state index in [0.717, 1.165) is 54.1 Å². The smallest absolute Gasteiger partial charge is 0.322 e. The van der Waals surface area contributed by atoms with E-state index in [1.807, 2.05) is 48.7 Å². The topological polar surface area (TPSA) is 59.4 Å². The van der Waals surface area contributed by atoms with Crippen molar-refractivity contribution in [2.75, 3.05) is 19.0 Å². The largest absolute Gasteiger partial charge is 0.496 e. The fourth-order valence-corrected chi connectivity index (χ4v) is 3.55. The van der Waals surface area contributed by atoms with E-state index in [1.54, 1.807) is 13.3 Å². The number of amides is 2. The van der Waals surface area contributed by atoms with Crippen LogP contribution >= 0.6 is 0 Å². The molecule has 0 radical (unpaired) electrons. The number of rotatable bonds is 3. The minimum Gasteiger partial charge on any atom is -0.496 e. The Morgan fingerprint density at radius 3 is 2.80 bits per heavy atom. The lowest BCUT2D eigenvalue weighted by Gasteiger charge is -2.35. The summed E-state index contributed by atoms with van der Waals surface area (Å²) in [6.07, 6.45) is 4.90. The van der Waals surface area contributed by atoms with Gasteiger partial charge in [0.15, 0.2) is 0 Å². The third kappa shape index (κ3) is 3.48. The minimum absolute atomic E-state index is 0.0632. The van der Waals surface area contributed by atoms with E-state index in [4.69, 9.17) is 4.74 Å². The van der Waals surface area contributed by atoms with Gasteiger partial charge in [-0.25, -0.2) is 4.79 Å². The third-order valence-corrected chi connectivity index (χ3v) is 4.93. The predicted molar refractivity (Wildman–Crippen MR) is 98.0 cm³/mol. The molecule has 1 aliphatic heterocycles. The number of benzene rings is 1. The normalized spacial score (nSPS) is 17.4. The highest BCUT2D eigenvalue weighted by atomic mass is 16.5. The van der Waals surface area contributed by atoms with Gasteiger partial charge in [0.1, 0.15) is 5.75 Å². The van der Waals surface area contributed by atoms with Crippen LogP contribution in [0.5, 0.6) is 5.75 Å². The predicted octanol–water partition coefficient (Wildman–Crippen LogP) is 3.80. The zero-order valence-electron chi connectivity index (χ0n) is 15.4. The zero-order valence-corrected chi connectivity index (χ0v) is 15.4. The van der Waals surface area contributed by atoms with Crippen LogP contribution in [0.15, 0.2) is 24.4 Å². The number of nitrogens with one attached hydrogen (secondary N) is 1. The number of anilines is 1. The second kappa shape index (κ2) is 7.17. The number of ether oxygens (including phenoxy) is 1. The molecule has 134 valence electrons. The van der Waals surface area contributed by atoms with Crippen LogP contribution in [0, 0.1) is 13.8 Å². The summed E-state index contributed by atoms with van der Waals surface area (Å²) in [7, 11) is 3.58.